The van der Waals surface area contributed by atoms with Crippen LogP contribution in [-0.2, 0) is 11.2 Å². The van der Waals surface area contributed by atoms with Crippen LogP contribution in [0.2, 0.25) is 0 Å². The minimum absolute atomic E-state index is 0.0316. The van der Waals surface area contributed by atoms with Crippen molar-refractivity contribution in [1.29, 1.82) is 0 Å². The van der Waals surface area contributed by atoms with Crippen LogP contribution in [0.1, 0.15) is 61.3 Å². The number of carbonyl (C=O) groups is 1. The van der Waals surface area contributed by atoms with Crippen LogP contribution in [0.4, 0.5) is 0 Å². The highest BCUT2D eigenvalue weighted by atomic mass is 16.5. The van der Waals surface area contributed by atoms with Gasteiger partial charge in [-0.15, -0.1) is 0 Å². The molecule has 0 radical (unpaired) electrons. The zero-order valence-corrected chi connectivity index (χ0v) is 19.8. The number of hydrogen-bond acceptors (Lipinski definition) is 5. The van der Waals surface area contributed by atoms with Crippen LogP contribution in [0.5, 0.6) is 5.75 Å². The quantitative estimate of drug-likeness (QED) is 0.498. The Labute approximate surface area is 196 Å². The first-order valence-corrected chi connectivity index (χ1v) is 11.8. The maximum atomic E-state index is 13.4. The molecule has 3 heterocycles. The molecule has 2 aromatic heterocycles. The zero-order valence-electron chi connectivity index (χ0n) is 19.8. The predicted molar refractivity (Wildman–Crippen MR) is 129 cm³/mol. The number of aryl methyl sites for hydroxylation is 3. The number of ether oxygens (including phenoxy) is 1. The molecule has 6 heteroatoms. The van der Waals surface area contributed by atoms with E-state index in [0.717, 1.165) is 65.3 Å². The van der Waals surface area contributed by atoms with E-state index in [4.69, 9.17) is 9.72 Å². The number of likely N-dealkylation sites (tertiary alicyclic amines) is 1. The van der Waals surface area contributed by atoms with Gasteiger partial charge in [-0.05, 0) is 81.3 Å². The lowest BCUT2D eigenvalue weighted by Gasteiger charge is -2.36. The van der Waals surface area contributed by atoms with Crippen LogP contribution >= 0.6 is 0 Å². The standard InChI is InChI=1S/C27H32N4O2/c1-4-33-22-11-8-21(9-12-22)10-13-26(32)31-16-6-5-7-25(31)27-24(18-29-20(3)30-27)23-14-15-28-17-19(23)2/h8-9,11-12,14-15,17-18,25H,4-7,10,13,16H2,1-3H3. The molecule has 1 aliphatic heterocycles. The fraction of sp³-hybridized carbons (Fsp3) is 0.407. The number of carbonyl (C=O) groups excluding carboxylic acids is 1. The van der Waals surface area contributed by atoms with Gasteiger partial charge in [0.15, 0.2) is 0 Å². The maximum absolute atomic E-state index is 13.4. The van der Waals surface area contributed by atoms with E-state index in [9.17, 15) is 4.79 Å². The van der Waals surface area contributed by atoms with Crippen LogP contribution in [0, 0.1) is 13.8 Å². The van der Waals surface area contributed by atoms with Gasteiger partial charge in [0.2, 0.25) is 5.91 Å². The maximum Gasteiger partial charge on any atom is 0.223 e. The number of amides is 1. The van der Waals surface area contributed by atoms with Gasteiger partial charge < -0.3 is 9.64 Å². The largest absolute Gasteiger partial charge is 0.494 e. The van der Waals surface area contributed by atoms with Crippen molar-refractivity contribution in [3.8, 4) is 16.9 Å². The third kappa shape index (κ3) is 5.38. The monoisotopic (exact) mass is 444 g/mol. The molecule has 0 aliphatic carbocycles. The Morgan fingerprint density at radius 1 is 1.09 bits per heavy atom. The van der Waals surface area contributed by atoms with Crippen molar-refractivity contribution in [2.24, 2.45) is 0 Å². The van der Waals surface area contributed by atoms with Crippen molar-refractivity contribution in [3.05, 3.63) is 71.6 Å². The fourth-order valence-electron chi connectivity index (χ4n) is 4.55. The van der Waals surface area contributed by atoms with Gasteiger partial charge in [0.05, 0.1) is 18.3 Å². The van der Waals surface area contributed by atoms with Crippen molar-refractivity contribution < 1.29 is 9.53 Å². The first-order chi connectivity index (χ1) is 16.1. The van der Waals surface area contributed by atoms with Gasteiger partial charge in [-0.3, -0.25) is 9.78 Å². The fourth-order valence-corrected chi connectivity index (χ4v) is 4.55. The molecule has 0 spiro atoms. The Kier molecular flexibility index (Phi) is 7.33. The highest BCUT2D eigenvalue weighted by molar-refractivity contribution is 5.78. The summed E-state index contributed by atoms with van der Waals surface area (Å²) in [5, 5.41) is 0. The summed E-state index contributed by atoms with van der Waals surface area (Å²) in [7, 11) is 0. The third-order valence-electron chi connectivity index (χ3n) is 6.25. The van der Waals surface area contributed by atoms with Gasteiger partial charge >= 0.3 is 0 Å². The van der Waals surface area contributed by atoms with Gasteiger partial charge in [0.1, 0.15) is 11.6 Å². The second-order valence-corrected chi connectivity index (χ2v) is 8.58. The molecule has 1 fully saturated rings. The highest BCUT2D eigenvalue weighted by Crippen LogP contribution is 2.36. The van der Waals surface area contributed by atoms with Crippen molar-refractivity contribution in [2.45, 2.75) is 58.9 Å². The second kappa shape index (κ2) is 10.6. The Bertz CT molecular complexity index is 1100. The minimum atomic E-state index is -0.0316. The first kappa shape index (κ1) is 22.9. The smallest absolute Gasteiger partial charge is 0.223 e. The molecule has 1 aliphatic rings. The predicted octanol–water partition coefficient (Wildman–Crippen LogP) is 5.24. The van der Waals surface area contributed by atoms with Crippen molar-refractivity contribution >= 4 is 5.91 Å². The SMILES string of the molecule is CCOc1ccc(CCC(=O)N2CCCCC2c2nc(C)ncc2-c2ccncc2C)cc1. The number of aromatic nitrogens is 3. The summed E-state index contributed by atoms with van der Waals surface area (Å²) in [6, 6.07) is 10.0. The zero-order chi connectivity index (χ0) is 23.2. The Morgan fingerprint density at radius 3 is 2.67 bits per heavy atom. The van der Waals surface area contributed by atoms with Gasteiger partial charge in [-0.1, -0.05) is 12.1 Å². The molecule has 3 aromatic rings. The van der Waals surface area contributed by atoms with Gasteiger partial charge in [-0.2, -0.15) is 0 Å². The van der Waals surface area contributed by atoms with Gasteiger partial charge in [-0.25, -0.2) is 9.97 Å². The van der Waals surface area contributed by atoms with Crippen LogP contribution in [0.25, 0.3) is 11.1 Å². The second-order valence-electron chi connectivity index (χ2n) is 8.58. The molecular weight excluding hydrogens is 412 g/mol. The number of benzene rings is 1. The molecule has 1 unspecified atom stereocenters. The average molecular weight is 445 g/mol. The van der Waals surface area contributed by atoms with Crippen LogP contribution in [0.15, 0.2) is 48.9 Å². The van der Waals surface area contributed by atoms with Crippen LogP contribution in [-0.4, -0.2) is 38.9 Å². The topological polar surface area (TPSA) is 68.2 Å². The van der Waals surface area contributed by atoms with Crippen molar-refractivity contribution in [1.82, 2.24) is 19.9 Å². The molecule has 1 saturated heterocycles. The molecule has 172 valence electrons. The molecule has 1 amide bonds. The molecule has 6 nitrogen and oxygen atoms in total. The Hall–Kier alpha value is -3.28. The highest BCUT2D eigenvalue weighted by Gasteiger charge is 2.31. The molecule has 0 bridgehead atoms. The molecule has 33 heavy (non-hydrogen) atoms. The van der Waals surface area contributed by atoms with Crippen LogP contribution in [0.3, 0.4) is 0 Å². The van der Waals surface area contributed by atoms with E-state index >= 15 is 0 Å². The molecule has 1 atom stereocenters. The number of rotatable bonds is 7. The first-order valence-electron chi connectivity index (χ1n) is 11.8. The molecular formula is C27H32N4O2. The number of hydrogen-bond donors (Lipinski definition) is 0. The van der Waals surface area contributed by atoms with Crippen molar-refractivity contribution in [3.63, 3.8) is 0 Å². The van der Waals surface area contributed by atoms with E-state index in [0.29, 0.717) is 19.4 Å². The lowest BCUT2D eigenvalue weighted by Crippen LogP contribution is -2.39. The molecule has 4 rings (SSSR count). The lowest BCUT2D eigenvalue weighted by atomic mass is 9.92. The van der Waals surface area contributed by atoms with E-state index in [1.807, 2.05) is 68.4 Å². The van der Waals surface area contributed by atoms with E-state index in [1.165, 1.54) is 0 Å². The van der Waals surface area contributed by atoms with E-state index in [1.54, 1.807) is 6.20 Å². The number of pyridine rings is 1. The summed E-state index contributed by atoms with van der Waals surface area (Å²) in [5.74, 6) is 1.77. The molecule has 0 saturated carbocycles. The summed E-state index contributed by atoms with van der Waals surface area (Å²) in [4.78, 5) is 29.0. The summed E-state index contributed by atoms with van der Waals surface area (Å²) < 4.78 is 5.52. The van der Waals surface area contributed by atoms with E-state index in [2.05, 4.69) is 9.97 Å². The Balaban J connectivity index is 1.56. The number of nitrogens with zero attached hydrogens (tertiary/aromatic N) is 4. The summed E-state index contributed by atoms with van der Waals surface area (Å²) in [5.41, 5.74) is 5.25. The molecule has 1 aromatic carbocycles. The summed E-state index contributed by atoms with van der Waals surface area (Å²) >= 11 is 0. The number of piperidine rings is 1. The Morgan fingerprint density at radius 2 is 1.91 bits per heavy atom. The molecule has 0 N–H and O–H groups in total. The van der Waals surface area contributed by atoms with E-state index < -0.39 is 0 Å². The van der Waals surface area contributed by atoms with Gasteiger partial charge in [0.25, 0.3) is 0 Å². The normalized spacial score (nSPS) is 16.0. The minimum Gasteiger partial charge on any atom is -0.494 e. The van der Waals surface area contributed by atoms with Crippen molar-refractivity contribution in [2.75, 3.05) is 13.2 Å². The average Bonchev–Trinajstić information content (AvgIpc) is 2.84. The summed E-state index contributed by atoms with van der Waals surface area (Å²) in [6.45, 7) is 7.35. The third-order valence-corrected chi connectivity index (χ3v) is 6.25. The van der Waals surface area contributed by atoms with Gasteiger partial charge in [0, 0.05) is 37.1 Å². The van der Waals surface area contributed by atoms with Crippen LogP contribution < -0.4 is 4.74 Å². The summed E-state index contributed by atoms with van der Waals surface area (Å²) in [6.07, 6.45) is 9.79. The van der Waals surface area contributed by atoms with E-state index in [-0.39, 0.29) is 11.9 Å². The lowest BCUT2D eigenvalue weighted by molar-refractivity contribution is -0.135.